The molecule has 0 aliphatic carbocycles. The van der Waals surface area contributed by atoms with Crippen molar-refractivity contribution in [2.45, 2.75) is 264 Å². The van der Waals surface area contributed by atoms with Crippen LogP contribution in [-0.4, -0.2) is 46.9 Å². The van der Waals surface area contributed by atoms with E-state index in [0.717, 1.165) is 96.3 Å². The van der Waals surface area contributed by atoms with Crippen LogP contribution in [0.3, 0.4) is 0 Å². The lowest BCUT2D eigenvalue weighted by molar-refractivity contribution is -0.151. The van der Waals surface area contributed by atoms with Gasteiger partial charge in [-0.1, -0.05) is 223 Å². The van der Waals surface area contributed by atoms with Gasteiger partial charge >= 0.3 is 5.97 Å². The maximum Gasteiger partial charge on any atom is 0.306 e. The van der Waals surface area contributed by atoms with Crippen molar-refractivity contribution >= 4 is 11.9 Å². The third kappa shape index (κ3) is 42.3. The number of hydrogen-bond donors (Lipinski definition) is 3. The molecule has 0 aromatic carbocycles. The van der Waals surface area contributed by atoms with Gasteiger partial charge in [0.2, 0.25) is 5.91 Å². The Bertz CT molecular complexity index is 1080. The van der Waals surface area contributed by atoms with E-state index >= 15 is 0 Å². The summed E-state index contributed by atoms with van der Waals surface area (Å²) in [6.45, 7) is 6.33. The summed E-state index contributed by atoms with van der Waals surface area (Å²) >= 11 is 0. The number of allylic oxidation sites excluding steroid dienone is 10. The van der Waals surface area contributed by atoms with E-state index in [1.165, 1.54) is 103 Å². The molecule has 1 amide bonds. The highest BCUT2D eigenvalue weighted by Crippen LogP contribution is 2.17. The molecule has 0 saturated heterocycles. The first kappa shape index (κ1) is 57.6. The molecule has 0 aliphatic rings. The van der Waals surface area contributed by atoms with Crippen molar-refractivity contribution in [1.82, 2.24) is 5.32 Å². The molecule has 3 atom stereocenters. The van der Waals surface area contributed by atoms with Crippen LogP contribution in [0.5, 0.6) is 0 Å². The van der Waals surface area contributed by atoms with Crippen LogP contribution in [0.2, 0.25) is 0 Å². The van der Waals surface area contributed by atoms with E-state index in [-0.39, 0.29) is 24.9 Å². The Morgan fingerprint density at radius 2 is 0.900 bits per heavy atom. The smallest absolute Gasteiger partial charge is 0.306 e. The second-order valence-electron chi connectivity index (χ2n) is 17.2. The minimum Gasteiger partial charge on any atom is -0.462 e. The molecule has 348 valence electrons. The summed E-state index contributed by atoms with van der Waals surface area (Å²) in [4.78, 5) is 26.0. The Kier molecular flexibility index (Phi) is 45.7. The number of nitrogens with one attached hydrogen (secondary N) is 1. The van der Waals surface area contributed by atoms with Gasteiger partial charge in [0.25, 0.3) is 0 Å². The zero-order chi connectivity index (χ0) is 43.8. The van der Waals surface area contributed by atoms with Crippen LogP contribution < -0.4 is 5.32 Å². The summed E-state index contributed by atoms with van der Waals surface area (Å²) in [7, 11) is 0. The second kappa shape index (κ2) is 47.6. The average molecular weight is 840 g/mol. The van der Waals surface area contributed by atoms with Gasteiger partial charge in [-0.3, -0.25) is 9.59 Å². The fourth-order valence-electron chi connectivity index (χ4n) is 7.52. The van der Waals surface area contributed by atoms with Gasteiger partial charge in [-0.25, -0.2) is 0 Å². The third-order valence-electron chi connectivity index (χ3n) is 11.4. The maximum absolute atomic E-state index is 13.1. The highest BCUT2D eigenvalue weighted by molar-refractivity contribution is 5.77. The van der Waals surface area contributed by atoms with Gasteiger partial charge in [-0.05, 0) is 70.6 Å². The number of aliphatic hydroxyl groups is 2. The summed E-state index contributed by atoms with van der Waals surface area (Å²) in [5, 5.41) is 23.7. The first-order valence-corrected chi connectivity index (χ1v) is 25.5. The number of carbonyl (C=O) groups is 2. The van der Waals surface area contributed by atoms with E-state index in [1.807, 2.05) is 0 Å². The normalized spacial score (nSPS) is 13.8. The largest absolute Gasteiger partial charge is 0.462 e. The van der Waals surface area contributed by atoms with E-state index in [2.05, 4.69) is 86.8 Å². The predicted molar refractivity (Wildman–Crippen MR) is 259 cm³/mol. The fraction of sp³-hybridized carbons (Fsp3) is 0.778. The van der Waals surface area contributed by atoms with Gasteiger partial charge in [-0.2, -0.15) is 0 Å². The standard InChI is InChI=1S/C54H97NO5/c1-4-7-10-13-16-18-20-22-24-25-26-27-29-31-33-35-38-41-44-47-54(59)60-50(45-42-39-36-15-12-9-6-3)48-53(58)55-51(49-56)52(57)46-43-40-37-34-32-30-28-23-21-19-17-14-11-8-5-2/h7,10,16,18,22,24,26-27,31,33,50-52,56-57H,4-6,8-9,11-15,17,19-21,23,25,28-30,32,34-49H2,1-3H3,(H,55,58)/b10-7-,18-16-,24-22-,27-26-,33-31-. The molecule has 0 fully saturated rings. The van der Waals surface area contributed by atoms with E-state index in [4.69, 9.17) is 4.74 Å². The second-order valence-corrected chi connectivity index (χ2v) is 17.2. The summed E-state index contributed by atoms with van der Waals surface area (Å²) < 4.78 is 5.88. The zero-order valence-electron chi connectivity index (χ0n) is 39.6. The Morgan fingerprint density at radius 3 is 1.35 bits per heavy atom. The molecule has 6 nitrogen and oxygen atoms in total. The average Bonchev–Trinajstić information content (AvgIpc) is 3.24. The number of carbonyl (C=O) groups excluding carboxylic acids is 2. The Morgan fingerprint density at radius 1 is 0.500 bits per heavy atom. The third-order valence-corrected chi connectivity index (χ3v) is 11.4. The Balaban J connectivity index is 4.41. The van der Waals surface area contributed by atoms with Gasteiger partial charge in [0.1, 0.15) is 6.10 Å². The first-order chi connectivity index (χ1) is 29.5. The van der Waals surface area contributed by atoms with Crippen molar-refractivity contribution in [2.75, 3.05) is 6.61 Å². The number of unbranched alkanes of at least 4 members (excludes halogenated alkanes) is 23. The molecule has 6 heteroatoms. The van der Waals surface area contributed by atoms with Crippen LogP contribution >= 0.6 is 0 Å². The van der Waals surface area contributed by atoms with Crippen molar-refractivity contribution < 1.29 is 24.5 Å². The number of ether oxygens (including phenoxy) is 1. The molecule has 0 heterocycles. The molecule has 0 aromatic heterocycles. The molecule has 0 aromatic rings. The van der Waals surface area contributed by atoms with Gasteiger partial charge in [0, 0.05) is 6.42 Å². The number of esters is 1. The molecular formula is C54H97NO5. The summed E-state index contributed by atoms with van der Waals surface area (Å²) in [5.41, 5.74) is 0. The van der Waals surface area contributed by atoms with Crippen LogP contribution in [0.15, 0.2) is 60.8 Å². The Hall–Kier alpha value is -2.44. The lowest BCUT2D eigenvalue weighted by atomic mass is 10.0. The number of hydrogen-bond acceptors (Lipinski definition) is 5. The van der Waals surface area contributed by atoms with E-state index < -0.39 is 18.2 Å². The molecule has 60 heavy (non-hydrogen) atoms. The van der Waals surface area contributed by atoms with E-state index in [1.54, 1.807) is 0 Å². The summed E-state index contributed by atoms with van der Waals surface area (Å²) in [6.07, 6.45) is 58.6. The topological polar surface area (TPSA) is 95.9 Å². The predicted octanol–water partition coefficient (Wildman–Crippen LogP) is 15.2. The maximum atomic E-state index is 13.1. The monoisotopic (exact) mass is 840 g/mol. The fourth-order valence-corrected chi connectivity index (χ4v) is 7.52. The van der Waals surface area contributed by atoms with Crippen molar-refractivity contribution in [3.63, 3.8) is 0 Å². The van der Waals surface area contributed by atoms with Gasteiger partial charge in [-0.15, -0.1) is 0 Å². The molecule has 0 aliphatic heterocycles. The minimum absolute atomic E-state index is 0.0633. The molecule has 3 unspecified atom stereocenters. The summed E-state index contributed by atoms with van der Waals surface area (Å²) in [6, 6.07) is -0.706. The SMILES string of the molecule is CC/C=C\C/C=C\C/C=C\C/C=C\C/C=C\CCCCCC(=O)OC(CCCCCCCCC)CC(=O)NC(CO)C(O)CCCCCCCCCCCCCCCCC. The lowest BCUT2D eigenvalue weighted by Gasteiger charge is -2.24. The van der Waals surface area contributed by atoms with Gasteiger partial charge < -0.3 is 20.3 Å². The van der Waals surface area contributed by atoms with Crippen LogP contribution in [-0.2, 0) is 14.3 Å². The van der Waals surface area contributed by atoms with Crippen LogP contribution in [0.4, 0.5) is 0 Å². The molecule has 3 N–H and O–H groups in total. The molecule has 0 spiro atoms. The van der Waals surface area contributed by atoms with Crippen LogP contribution in [0.1, 0.15) is 245 Å². The molecule has 0 bridgehead atoms. The molecule has 0 radical (unpaired) electrons. The Labute approximate surface area is 371 Å². The highest BCUT2D eigenvalue weighted by Gasteiger charge is 2.24. The van der Waals surface area contributed by atoms with Crippen molar-refractivity contribution in [1.29, 1.82) is 0 Å². The minimum atomic E-state index is -0.792. The van der Waals surface area contributed by atoms with Crippen LogP contribution in [0.25, 0.3) is 0 Å². The lowest BCUT2D eigenvalue weighted by Crippen LogP contribution is -2.46. The van der Waals surface area contributed by atoms with Crippen molar-refractivity contribution in [3.05, 3.63) is 60.8 Å². The van der Waals surface area contributed by atoms with Crippen molar-refractivity contribution in [2.24, 2.45) is 0 Å². The highest BCUT2D eigenvalue weighted by atomic mass is 16.5. The first-order valence-electron chi connectivity index (χ1n) is 25.5. The van der Waals surface area contributed by atoms with Gasteiger partial charge in [0.05, 0.1) is 25.2 Å². The van der Waals surface area contributed by atoms with Gasteiger partial charge in [0.15, 0.2) is 0 Å². The number of aliphatic hydroxyl groups excluding tert-OH is 2. The summed E-state index contributed by atoms with van der Waals surface area (Å²) in [5.74, 6) is -0.514. The zero-order valence-corrected chi connectivity index (χ0v) is 39.6. The number of amides is 1. The molecule has 0 rings (SSSR count). The quantitative estimate of drug-likeness (QED) is 0.0322. The van der Waals surface area contributed by atoms with Crippen LogP contribution in [0, 0.1) is 0 Å². The number of rotatable bonds is 45. The molecule has 0 saturated carbocycles. The van der Waals surface area contributed by atoms with E-state index in [0.29, 0.717) is 19.3 Å². The molecular weight excluding hydrogens is 743 g/mol. The van der Waals surface area contributed by atoms with E-state index in [9.17, 15) is 19.8 Å². The van der Waals surface area contributed by atoms with Crippen molar-refractivity contribution in [3.8, 4) is 0 Å².